The van der Waals surface area contributed by atoms with E-state index in [1.807, 2.05) is 0 Å². The lowest BCUT2D eigenvalue weighted by atomic mass is 9.96. The first-order valence-corrected chi connectivity index (χ1v) is 6.60. The summed E-state index contributed by atoms with van der Waals surface area (Å²) in [7, 11) is 0. The Morgan fingerprint density at radius 2 is 2.12 bits per heavy atom. The molecule has 1 aromatic rings. The molecular weight excluding hydrogens is 236 g/mol. The SMILES string of the molecule is CC(C)(C)c1nsc(N2CCNC(=O)CC2)n1. The molecule has 0 saturated carbocycles. The fraction of sp³-hybridized carbons (Fsp3) is 0.727. The number of hydrogen-bond acceptors (Lipinski definition) is 5. The van der Waals surface area contributed by atoms with E-state index < -0.39 is 0 Å². The van der Waals surface area contributed by atoms with Gasteiger partial charge in [0.1, 0.15) is 5.82 Å². The van der Waals surface area contributed by atoms with Crippen LogP contribution in [0.4, 0.5) is 5.13 Å². The number of carbonyl (C=O) groups excluding carboxylic acids is 1. The zero-order valence-electron chi connectivity index (χ0n) is 10.5. The molecule has 0 aliphatic carbocycles. The van der Waals surface area contributed by atoms with Crippen LogP contribution in [0.1, 0.15) is 33.0 Å². The molecule has 0 unspecified atom stereocenters. The van der Waals surface area contributed by atoms with Gasteiger partial charge in [-0.15, -0.1) is 0 Å². The fourth-order valence-electron chi connectivity index (χ4n) is 1.61. The van der Waals surface area contributed by atoms with E-state index in [9.17, 15) is 4.79 Å². The summed E-state index contributed by atoms with van der Waals surface area (Å²) in [6, 6.07) is 0. The summed E-state index contributed by atoms with van der Waals surface area (Å²) >= 11 is 1.42. The van der Waals surface area contributed by atoms with E-state index in [0.717, 1.165) is 24.0 Å². The van der Waals surface area contributed by atoms with Gasteiger partial charge in [-0.3, -0.25) is 4.79 Å². The van der Waals surface area contributed by atoms with Crippen molar-refractivity contribution >= 4 is 22.6 Å². The molecular formula is C11H18N4OS. The van der Waals surface area contributed by atoms with E-state index in [1.54, 1.807) is 0 Å². The average molecular weight is 254 g/mol. The minimum absolute atomic E-state index is 0.0192. The summed E-state index contributed by atoms with van der Waals surface area (Å²) in [6.07, 6.45) is 0.532. The largest absolute Gasteiger partial charge is 0.354 e. The fourth-order valence-corrected chi connectivity index (χ4v) is 2.51. The molecule has 1 aromatic heterocycles. The van der Waals surface area contributed by atoms with Crippen LogP contribution in [0, 0.1) is 0 Å². The molecule has 0 aromatic carbocycles. The molecule has 17 heavy (non-hydrogen) atoms. The second-order valence-corrected chi connectivity index (χ2v) is 5.97. The standard InChI is InChI=1S/C11H18N4OS/c1-11(2,3)9-13-10(17-14-9)15-6-4-8(16)12-5-7-15/h4-7H2,1-3H3,(H,12,16). The number of aromatic nitrogens is 2. The third-order valence-corrected chi connectivity index (χ3v) is 3.45. The normalized spacial score (nSPS) is 17.8. The molecule has 0 spiro atoms. The van der Waals surface area contributed by atoms with Crippen molar-refractivity contribution in [2.24, 2.45) is 0 Å². The van der Waals surface area contributed by atoms with E-state index in [1.165, 1.54) is 11.5 Å². The van der Waals surface area contributed by atoms with Gasteiger partial charge in [0.05, 0.1) is 0 Å². The summed E-state index contributed by atoms with van der Waals surface area (Å²) in [5.41, 5.74) is -0.0192. The lowest BCUT2D eigenvalue weighted by Gasteiger charge is -2.17. The third-order valence-electron chi connectivity index (χ3n) is 2.67. The summed E-state index contributed by atoms with van der Waals surface area (Å²) < 4.78 is 4.40. The lowest BCUT2D eigenvalue weighted by molar-refractivity contribution is -0.120. The number of carbonyl (C=O) groups is 1. The quantitative estimate of drug-likeness (QED) is 0.817. The van der Waals surface area contributed by atoms with Crippen LogP contribution in [0.15, 0.2) is 0 Å². The Morgan fingerprint density at radius 1 is 1.35 bits per heavy atom. The van der Waals surface area contributed by atoms with Crippen LogP contribution >= 0.6 is 11.5 Å². The highest BCUT2D eigenvalue weighted by atomic mass is 32.1. The molecule has 1 aliphatic rings. The molecule has 2 heterocycles. The van der Waals surface area contributed by atoms with Crippen molar-refractivity contribution in [1.29, 1.82) is 0 Å². The van der Waals surface area contributed by atoms with Crippen molar-refractivity contribution in [3.8, 4) is 0 Å². The van der Waals surface area contributed by atoms with Gasteiger partial charge in [0.2, 0.25) is 11.0 Å². The van der Waals surface area contributed by atoms with Crippen molar-refractivity contribution in [2.45, 2.75) is 32.6 Å². The molecule has 0 atom stereocenters. The topological polar surface area (TPSA) is 58.1 Å². The Balaban J connectivity index is 2.12. The summed E-state index contributed by atoms with van der Waals surface area (Å²) in [5.74, 6) is 0.995. The van der Waals surface area contributed by atoms with Gasteiger partial charge < -0.3 is 10.2 Å². The minimum Gasteiger partial charge on any atom is -0.354 e. The van der Waals surface area contributed by atoms with Crippen molar-refractivity contribution in [2.75, 3.05) is 24.5 Å². The Morgan fingerprint density at radius 3 is 2.76 bits per heavy atom. The van der Waals surface area contributed by atoms with Crippen molar-refractivity contribution < 1.29 is 4.79 Å². The van der Waals surface area contributed by atoms with Crippen LogP contribution in [0.25, 0.3) is 0 Å². The van der Waals surface area contributed by atoms with E-state index in [2.05, 4.69) is 40.3 Å². The number of anilines is 1. The van der Waals surface area contributed by atoms with E-state index in [4.69, 9.17) is 0 Å². The van der Waals surface area contributed by atoms with Gasteiger partial charge >= 0.3 is 0 Å². The second kappa shape index (κ2) is 4.60. The first kappa shape index (κ1) is 12.3. The maximum absolute atomic E-state index is 11.3. The maximum Gasteiger partial charge on any atom is 0.221 e. The molecule has 2 rings (SSSR count). The van der Waals surface area contributed by atoms with Crippen LogP contribution < -0.4 is 10.2 Å². The van der Waals surface area contributed by atoms with Gasteiger partial charge in [0.15, 0.2) is 0 Å². The molecule has 0 radical (unpaired) electrons. The molecule has 1 N–H and O–H groups in total. The third kappa shape index (κ3) is 2.94. The Kier molecular flexibility index (Phi) is 3.33. The molecule has 5 nitrogen and oxygen atoms in total. The van der Waals surface area contributed by atoms with Gasteiger partial charge in [-0.1, -0.05) is 20.8 Å². The van der Waals surface area contributed by atoms with E-state index in [0.29, 0.717) is 13.0 Å². The Hall–Kier alpha value is -1.17. The number of hydrogen-bond donors (Lipinski definition) is 1. The highest BCUT2D eigenvalue weighted by Crippen LogP contribution is 2.25. The van der Waals surface area contributed by atoms with Gasteiger partial charge in [-0.25, -0.2) is 4.98 Å². The second-order valence-electron chi connectivity index (χ2n) is 5.24. The lowest BCUT2D eigenvalue weighted by Crippen LogP contribution is -2.28. The smallest absolute Gasteiger partial charge is 0.221 e. The monoisotopic (exact) mass is 254 g/mol. The van der Waals surface area contributed by atoms with Crippen molar-refractivity contribution in [3.63, 3.8) is 0 Å². The van der Waals surface area contributed by atoms with Gasteiger partial charge in [-0.05, 0) is 0 Å². The number of nitrogens with zero attached hydrogens (tertiary/aromatic N) is 3. The predicted octanol–water partition coefficient (Wildman–Crippen LogP) is 1.16. The molecule has 0 bridgehead atoms. The van der Waals surface area contributed by atoms with Gasteiger partial charge in [0, 0.05) is 43.0 Å². The van der Waals surface area contributed by atoms with Crippen LogP contribution in [0.3, 0.4) is 0 Å². The molecule has 6 heteroatoms. The summed E-state index contributed by atoms with van der Waals surface area (Å²) in [4.78, 5) is 17.9. The van der Waals surface area contributed by atoms with E-state index >= 15 is 0 Å². The predicted molar refractivity (Wildman–Crippen MR) is 68.4 cm³/mol. The van der Waals surface area contributed by atoms with Crippen LogP contribution in [0.5, 0.6) is 0 Å². The first-order chi connectivity index (χ1) is 7.97. The first-order valence-electron chi connectivity index (χ1n) is 5.82. The highest BCUT2D eigenvalue weighted by Gasteiger charge is 2.22. The molecule has 1 amide bonds. The summed E-state index contributed by atoms with van der Waals surface area (Å²) in [5, 5.41) is 3.78. The van der Waals surface area contributed by atoms with E-state index in [-0.39, 0.29) is 11.3 Å². The molecule has 94 valence electrons. The number of amides is 1. The number of nitrogens with one attached hydrogen (secondary N) is 1. The number of rotatable bonds is 1. The zero-order valence-corrected chi connectivity index (χ0v) is 11.3. The Labute approximate surface area is 105 Å². The van der Waals surface area contributed by atoms with Crippen molar-refractivity contribution in [3.05, 3.63) is 5.82 Å². The average Bonchev–Trinajstić information content (AvgIpc) is 2.63. The summed E-state index contributed by atoms with van der Waals surface area (Å²) in [6.45, 7) is 8.53. The molecule has 1 saturated heterocycles. The molecule has 1 aliphatic heterocycles. The van der Waals surface area contributed by atoms with Gasteiger partial charge in [0.25, 0.3) is 0 Å². The van der Waals surface area contributed by atoms with Gasteiger partial charge in [-0.2, -0.15) is 4.37 Å². The van der Waals surface area contributed by atoms with Crippen molar-refractivity contribution in [1.82, 2.24) is 14.7 Å². The highest BCUT2D eigenvalue weighted by molar-refractivity contribution is 7.09. The van der Waals surface area contributed by atoms with Crippen LogP contribution in [-0.4, -0.2) is 34.9 Å². The van der Waals surface area contributed by atoms with Crippen LogP contribution in [-0.2, 0) is 10.2 Å². The van der Waals surface area contributed by atoms with Crippen LogP contribution in [0.2, 0.25) is 0 Å². The zero-order chi connectivity index (χ0) is 12.5. The molecule has 1 fully saturated rings. The minimum atomic E-state index is -0.0192. The Bertz CT molecular complexity index is 410. The maximum atomic E-state index is 11.3.